The van der Waals surface area contributed by atoms with Crippen LogP contribution in [0.2, 0.25) is 0 Å². The molecule has 0 saturated carbocycles. The van der Waals surface area contributed by atoms with Crippen LogP contribution < -0.4 is 4.74 Å². The zero-order valence-electron chi connectivity index (χ0n) is 16.3. The van der Waals surface area contributed by atoms with Crippen molar-refractivity contribution in [1.29, 1.82) is 0 Å². The highest BCUT2D eigenvalue weighted by atomic mass is 16.5. The summed E-state index contributed by atoms with van der Waals surface area (Å²) in [7, 11) is 0. The van der Waals surface area contributed by atoms with Crippen molar-refractivity contribution >= 4 is 10.8 Å². The van der Waals surface area contributed by atoms with Crippen LogP contribution in [-0.4, -0.2) is 0 Å². The van der Waals surface area contributed by atoms with Gasteiger partial charge in [-0.3, -0.25) is 0 Å². The Bertz CT molecular complexity index is 1430. The molecule has 0 bridgehead atoms. The number of benzene rings is 5. The Morgan fingerprint density at radius 1 is 0.467 bits per heavy atom. The van der Waals surface area contributed by atoms with E-state index in [1.165, 1.54) is 44.2 Å². The number of ether oxygens (including phenoxy) is 1. The summed E-state index contributed by atoms with van der Waals surface area (Å²) in [4.78, 5) is 0. The average molecular weight is 382 g/mol. The summed E-state index contributed by atoms with van der Waals surface area (Å²) in [6.07, 6.45) is 0. The number of rotatable bonds is 0. The van der Waals surface area contributed by atoms with Crippen molar-refractivity contribution in [3.8, 4) is 22.6 Å². The van der Waals surface area contributed by atoms with Gasteiger partial charge in [-0.2, -0.15) is 0 Å². The molecular formula is C29H18O. The van der Waals surface area contributed by atoms with Crippen LogP contribution in [-0.2, 0) is 5.41 Å². The third kappa shape index (κ3) is 1.79. The highest BCUT2D eigenvalue weighted by Crippen LogP contribution is 2.63. The maximum Gasteiger partial charge on any atom is 0.132 e. The number of para-hydroxylation sites is 2. The van der Waals surface area contributed by atoms with Crippen LogP contribution in [0.4, 0.5) is 0 Å². The van der Waals surface area contributed by atoms with Gasteiger partial charge in [-0.05, 0) is 45.2 Å². The fraction of sp³-hybridized carbons (Fsp3) is 0.0345. The smallest absolute Gasteiger partial charge is 0.132 e. The van der Waals surface area contributed by atoms with Crippen molar-refractivity contribution in [2.24, 2.45) is 0 Å². The monoisotopic (exact) mass is 382 g/mol. The van der Waals surface area contributed by atoms with E-state index in [0.717, 1.165) is 11.5 Å². The molecule has 0 unspecified atom stereocenters. The average Bonchev–Trinajstić information content (AvgIpc) is 3.11. The van der Waals surface area contributed by atoms with Gasteiger partial charge in [-0.15, -0.1) is 0 Å². The molecular weight excluding hydrogens is 364 g/mol. The van der Waals surface area contributed by atoms with E-state index < -0.39 is 5.41 Å². The van der Waals surface area contributed by atoms with E-state index in [9.17, 15) is 0 Å². The first-order valence-corrected chi connectivity index (χ1v) is 10.4. The van der Waals surface area contributed by atoms with Crippen LogP contribution in [0, 0.1) is 0 Å². The molecule has 1 heteroatoms. The van der Waals surface area contributed by atoms with Gasteiger partial charge in [0.05, 0.1) is 5.41 Å². The van der Waals surface area contributed by atoms with E-state index in [1.807, 2.05) is 0 Å². The second kappa shape index (κ2) is 5.61. The molecule has 5 aromatic carbocycles. The van der Waals surface area contributed by atoms with Crippen LogP contribution >= 0.6 is 0 Å². The zero-order valence-corrected chi connectivity index (χ0v) is 16.3. The second-order valence-corrected chi connectivity index (χ2v) is 8.10. The lowest BCUT2D eigenvalue weighted by Crippen LogP contribution is -2.32. The maximum atomic E-state index is 6.41. The van der Waals surface area contributed by atoms with Crippen LogP contribution in [0.3, 0.4) is 0 Å². The van der Waals surface area contributed by atoms with E-state index in [-0.39, 0.29) is 0 Å². The number of hydrogen-bond acceptors (Lipinski definition) is 1. The first-order valence-electron chi connectivity index (χ1n) is 10.4. The molecule has 2 aliphatic rings. The minimum Gasteiger partial charge on any atom is -0.457 e. The Balaban J connectivity index is 1.78. The Morgan fingerprint density at radius 2 is 1.07 bits per heavy atom. The van der Waals surface area contributed by atoms with E-state index in [2.05, 4.69) is 109 Å². The van der Waals surface area contributed by atoms with Gasteiger partial charge in [0.15, 0.2) is 0 Å². The maximum absolute atomic E-state index is 6.41. The van der Waals surface area contributed by atoms with E-state index in [4.69, 9.17) is 4.74 Å². The fourth-order valence-corrected chi connectivity index (χ4v) is 5.63. The first kappa shape index (κ1) is 16.0. The van der Waals surface area contributed by atoms with E-state index >= 15 is 0 Å². The minimum atomic E-state index is -0.391. The lowest BCUT2D eigenvalue weighted by atomic mass is 9.65. The standard InChI is InChI=1S/C29H18O/c1-2-10-20-19(9-1)17-18-22-21-11-3-4-12-23(21)29(28(20)22)24-13-5-7-15-26(24)30-27-16-8-6-14-25(27)29/h1-18H. The van der Waals surface area contributed by atoms with Crippen molar-refractivity contribution in [2.75, 3.05) is 0 Å². The predicted molar refractivity (Wildman–Crippen MR) is 121 cm³/mol. The fourth-order valence-electron chi connectivity index (χ4n) is 5.63. The molecule has 0 aromatic heterocycles. The molecule has 0 N–H and O–H groups in total. The second-order valence-electron chi connectivity index (χ2n) is 8.10. The molecule has 0 radical (unpaired) electrons. The van der Waals surface area contributed by atoms with Gasteiger partial charge in [0.2, 0.25) is 0 Å². The molecule has 1 aliphatic heterocycles. The molecule has 1 aliphatic carbocycles. The quantitative estimate of drug-likeness (QED) is 0.267. The summed E-state index contributed by atoms with van der Waals surface area (Å²) in [5.74, 6) is 1.87. The van der Waals surface area contributed by atoms with E-state index in [0.29, 0.717) is 0 Å². The zero-order chi connectivity index (χ0) is 19.7. The first-order chi connectivity index (χ1) is 14.9. The Hall–Kier alpha value is -3.84. The van der Waals surface area contributed by atoms with Crippen LogP contribution in [0.1, 0.15) is 22.3 Å². The summed E-state index contributed by atoms with van der Waals surface area (Å²) in [5, 5.41) is 2.57. The normalized spacial score (nSPS) is 14.5. The SMILES string of the molecule is c1ccc2c(c1)Oc1ccccc1C21c2ccccc2-c2ccc3ccccc3c21. The van der Waals surface area contributed by atoms with E-state index in [1.54, 1.807) is 0 Å². The predicted octanol–water partition coefficient (Wildman–Crippen LogP) is 7.31. The molecule has 0 saturated heterocycles. The third-order valence-corrected chi connectivity index (χ3v) is 6.73. The Morgan fingerprint density at radius 3 is 1.83 bits per heavy atom. The minimum absolute atomic E-state index is 0.391. The topological polar surface area (TPSA) is 9.23 Å². The van der Waals surface area contributed by atoms with Crippen molar-refractivity contribution in [3.63, 3.8) is 0 Å². The van der Waals surface area contributed by atoms with Crippen molar-refractivity contribution in [1.82, 2.24) is 0 Å². The number of hydrogen-bond donors (Lipinski definition) is 0. The van der Waals surface area contributed by atoms with Crippen molar-refractivity contribution < 1.29 is 4.74 Å². The lowest BCUT2D eigenvalue weighted by Gasteiger charge is -2.39. The van der Waals surface area contributed by atoms with Gasteiger partial charge in [-0.25, -0.2) is 0 Å². The largest absolute Gasteiger partial charge is 0.457 e. The van der Waals surface area contributed by atoms with Gasteiger partial charge >= 0.3 is 0 Å². The summed E-state index contributed by atoms with van der Waals surface area (Å²) in [6.45, 7) is 0. The summed E-state index contributed by atoms with van der Waals surface area (Å²) >= 11 is 0. The van der Waals surface area contributed by atoms with Gasteiger partial charge in [0.1, 0.15) is 11.5 Å². The molecule has 7 rings (SSSR count). The highest BCUT2D eigenvalue weighted by Gasteiger charge is 2.51. The molecule has 0 amide bonds. The van der Waals surface area contributed by atoms with Crippen LogP contribution in [0.5, 0.6) is 11.5 Å². The van der Waals surface area contributed by atoms with Crippen molar-refractivity contribution in [2.45, 2.75) is 5.41 Å². The Labute approximate surface area is 175 Å². The highest BCUT2D eigenvalue weighted by molar-refractivity contribution is 6.01. The molecule has 1 nitrogen and oxygen atoms in total. The van der Waals surface area contributed by atoms with Gasteiger partial charge in [0, 0.05) is 11.1 Å². The molecule has 1 spiro atoms. The van der Waals surface area contributed by atoms with Crippen molar-refractivity contribution in [3.05, 3.63) is 131 Å². The van der Waals surface area contributed by atoms with Crippen LogP contribution in [0.15, 0.2) is 109 Å². The molecule has 1 heterocycles. The van der Waals surface area contributed by atoms with Gasteiger partial charge in [-0.1, -0.05) is 97.1 Å². The molecule has 30 heavy (non-hydrogen) atoms. The number of fused-ring (bicyclic) bond motifs is 11. The van der Waals surface area contributed by atoms with Crippen LogP contribution in [0.25, 0.3) is 21.9 Å². The Kier molecular flexibility index (Phi) is 2.99. The summed E-state index contributed by atoms with van der Waals surface area (Å²) < 4.78 is 6.41. The molecule has 5 aromatic rings. The van der Waals surface area contributed by atoms with Gasteiger partial charge < -0.3 is 4.74 Å². The third-order valence-electron chi connectivity index (χ3n) is 6.73. The molecule has 140 valence electrons. The summed E-state index contributed by atoms with van der Waals surface area (Å²) in [5.41, 5.74) is 7.36. The molecule has 0 atom stereocenters. The summed E-state index contributed by atoms with van der Waals surface area (Å²) in [6, 6.07) is 39.2. The molecule has 0 fully saturated rings. The lowest BCUT2D eigenvalue weighted by molar-refractivity contribution is 0.437. The van der Waals surface area contributed by atoms with Gasteiger partial charge in [0.25, 0.3) is 0 Å².